The molecule has 0 saturated carbocycles. The zero-order valence-corrected chi connectivity index (χ0v) is 20.4. The summed E-state index contributed by atoms with van der Waals surface area (Å²) in [4.78, 5) is 32.9. The second kappa shape index (κ2) is 11.5. The molecule has 190 valence electrons. The van der Waals surface area contributed by atoms with Gasteiger partial charge in [0.05, 0.1) is 12.0 Å². The first-order chi connectivity index (χ1) is 16.6. The van der Waals surface area contributed by atoms with Gasteiger partial charge in [0.15, 0.2) is 0 Å². The van der Waals surface area contributed by atoms with E-state index in [1.807, 2.05) is 0 Å². The molecule has 0 amide bonds. The number of carbonyl (C=O) groups excluding carboxylic acids is 1. The Bertz CT molecular complexity index is 1270. The van der Waals surface area contributed by atoms with Crippen LogP contribution in [0.4, 0.5) is 4.39 Å². The van der Waals surface area contributed by atoms with Gasteiger partial charge in [-0.25, -0.2) is 14.2 Å². The molecule has 2 aromatic heterocycles. The average Bonchev–Trinajstić information content (AvgIpc) is 3.16. The molecular formula is C22H25ClFN3O7S. The van der Waals surface area contributed by atoms with Gasteiger partial charge in [-0.15, -0.1) is 11.3 Å². The van der Waals surface area contributed by atoms with E-state index in [9.17, 15) is 29.3 Å². The molecule has 0 bridgehead atoms. The standard InChI is InChI=1S/C22H25ClFN3O7S/c1-9-16-20(32)26-15(6-10-5-11(23)3-4-12(10)24)27-21(16)35-19(9)22(33)34-14(7-25-2)18(31)17(30)13(29)8-28/h3-5,13-14,17-18,25,28-31H,6-8H2,1-2H3,(H,26,27,32)/t13-,14+,17-,18-/m1/s1. The molecule has 0 saturated heterocycles. The van der Waals surface area contributed by atoms with Crippen LogP contribution in [0.15, 0.2) is 23.0 Å². The van der Waals surface area contributed by atoms with Crippen molar-refractivity contribution in [1.29, 1.82) is 0 Å². The van der Waals surface area contributed by atoms with Gasteiger partial charge >= 0.3 is 5.97 Å². The second-order valence-corrected chi connectivity index (χ2v) is 9.33. The first-order valence-corrected chi connectivity index (χ1v) is 11.7. The topological polar surface area (TPSA) is 165 Å². The Balaban J connectivity index is 1.90. The van der Waals surface area contributed by atoms with Crippen LogP contribution >= 0.6 is 22.9 Å². The van der Waals surface area contributed by atoms with Crippen molar-refractivity contribution >= 4 is 39.1 Å². The minimum Gasteiger partial charge on any atom is -0.454 e. The van der Waals surface area contributed by atoms with Crippen LogP contribution in [-0.2, 0) is 11.2 Å². The smallest absolute Gasteiger partial charge is 0.349 e. The van der Waals surface area contributed by atoms with Gasteiger partial charge < -0.3 is 35.5 Å². The van der Waals surface area contributed by atoms with Crippen LogP contribution in [0.5, 0.6) is 0 Å². The van der Waals surface area contributed by atoms with E-state index in [1.54, 1.807) is 0 Å². The Hall–Kier alpha value is -2.45. The number of aliphatic hydroxyl groups is 4. The Kier molecular flexibility index (Phi) is 8.94. The second-order valence-electron chi connectivity index (χ2n) is 7.89. The molecule has 4 atom stereocenters. The number of aromatic nitrogens is 2. The van der Waals surface area contributed by atoms with Crippen LogP contribution in [0.1, 0.15) is 26.6 Å². The summed E-state index contributed by atoms with van der Waals surface area (Å²) in [6, 6.07) is 4.05. The number of ether oxygens (including phenoxy) is 1. The van der Waals surface area contributed by atoms with E-state index in [0.29, 0.717) is 10.6 Å². The number of rotatable bonds is 10. The largest absolute Gasteiger partial charge is 0.454 e. The van der Waals surface area contributed by atoms with Gasteiger partial charge in [-0.1, -0.05) is 11.6 Å². The number of hydrogen-bond acceptors (Lipinski definition) is 10. The summed E-state index contributed by atoms with van der Waals surface area (Å²) in [6.07, 6.45) is -6.42. The number of hydrogen-bond donors (Lipinski definition) is 6. The number of halogens is 2. The Morgan fingerprint density at radius 2 is 2.03 bits per heavy atom. The maximum atomic E-state index is 14.1. The third kappa shape index (κ3) is 6.04. The first kappa shape index (κ1) is 27.1. The maximum absolute atomic E-state index is 14.1. The molecule has 0 aliphatic rings. The average molecular weight is 530 g/mol. The van der Waals surface area contributed by atoms with Gasteiger partial charge in [0.25, 0.3) is 5.56 Å². The highest BCUT2D eigenvalue weighted by Gasteiger charge is 2.34. The lowest BCUT2D eigenvalue weighted by Gasteiger charge is -2.28. The van der Waals surface area contributed by atoms with Gasteiger partial charge in [-0.2, -0.15) is 0 Å². The molecule has 0 aliphatic heterocycles. The third-order valence-electron chi connectivity index (χ3n) is 5.38. The number of aryl methyl sites for hydroxylation is 1. The Labute approximate surface area is 208 Å². The van der Waals surface area contributed by atoms with Crippen LogP contribution in [0.3, 0.4) is 0 Å². The summed E-state index contributed by atoms with van der Waals surface area (Å²) < 4.78 is 19.5. The van der Waals surface area contributed by atoms with E-state index in [-0.39, 0.29) is 39.4 Å². The zero-order valence-electron chi connectivity index (χ0n) is 18.8. The third-order valence-corrected chi connectivity index (χ3v) is 6.78. The molecule has 3 aromatic rings. The molecule has 2 heterocycles. The summed E-state index contributed by atoms with van der Waals surface area (Å²) in [6.45, 7) is 0.667. The first-order valence-electron chi connectivity index (χ1n) is 10.5. The summed E-state index contributed by atoms with van der Waals surface area (Å²) in [5.74, 6) is -1.21. The van der Waals surface area contributed by atoms with Gasteiger partial charge in [0.1, 0.15) is 45.8 Å². The van der Waals surface area contributed by atoms with Crippen LogP contribution in [0, 0.1) is 12.7 Å². The van der Waals surface area contributed by atoms with Crippen molar-refractivity contribution < 1.29 is 34.3 Å². The van der Waals surface area contributed by atoms with E-state index in [0.717, 1.165) is 11.3 Å². The number of nitrogens with one attached hydrogen (secondary N) is 2. The fourth-order valence-corrected chi connectivity index (χ4v) is 4.78. The number of fused-ring (bicyclic) bond motifs is 1. The van der Waals surface area contributed by atoms with Crippen LogP contribution in [-0.4, -0.2) is 81.0 Å². The predicted octanol–water partition coefficient (Wildman–Crippen LogP) is 0.496. The van der Waals surface area contributed by atoms with Crippen LogP contribution < -0.4 is 10.9 Å². The van der Waals surface area contributed by atoms with E-state index in [1.165, 1.54) is 32.2 Å². The molecule has 3 rings (SSSR count). The number of aromatic amines is 1. The minimum atomic E-state index is -1.77. The Morgan fingerprint density at radius 1 is 1.31 bits per heavy atom. The number of thiophene rings is 1. The SMILES string of the molecule is CNC[C@H](OC(=O)c1sc2nc(Cc3cc(Cl)ccc3F)[nH]c(=O)c2c1C)[C@@H](O)[C@H](O)[C@H](O)CO. The molecule has 10 nitrogen and oxygen atoms in total. The van der Waals surface area contributed by atoms with Crippen molar-refractivity contribution in [3.8, 4) is 0 Å². The molecule has 0 fully saturated rings. The van der Waals surface area contributed by atoms with Crippen molar-refractivity contribution in [2.24, 2.45) is 0 Å². The molecular weight excluding hydrogens is 505 g/mol. The molecule has 1 aromatic carbocycles. The number of nitrogens with zero attached hydrogens (tertiary/aromatic N) is 1. The van der Waals surface area contributed by atoms with E-state index in [2.05, 4.69) is 15.3 Å². The molecule has 6 N–H and O–H groups in total. The van der Waals surface area contributed by atoms with Gasteiger partial charge in [0.2, 0.25) is 0 Å². The fraction of sp³-hybridized carbons (Fsp3) is 0.409. The van der Waals surface area contributed by atoms with E-state index >= 15 is 0 Å². The molecule has 13 heteroatoms. The van der Waals surface area contributed by atoms with Gasteiger partial charge in [-0.3, -0.25) is 4.79 Å². The fourth-order valence-electron chi connectivity index (χ4n) is 3.51. The molecule has 0 unspecified atom stereocenters. The van der Waals surface area contributed by atoms with Crippen molar-refractivity contribution in [1.82, 2.24) is 15.3 Å². The number of likely N-dealkylation sites (N-methyl/N-ethyl adjacent to an activating group) is 1. The highest BCUT2D eigenvalue weighted by molar-refractivity contribution is 7.20. The lowest BCUT2D eigenvalue weighted by Crippen LogP contribution is -2.50. The van der Waals surface area contributed by atoms with Crippen molar-refractivity contribution in [2.45, 2.75) is 37.8 Å². The Morgan fingerprint density at radius 3 is 2.69 bits per heavy atom. The highest BCUT2D eigenvalue weighted by Crippen LogP contribution is 2.29. The van der Waals surface area contributed by atoms with E-state index in [4.69, 9.17) is 21.4 Å². The summed E-state index contributed by atoms with van der Waals surface area (Å²) in [5.41, 5.74) is 0.0202. The number of H-pyrrole nitrogens is 1. The summed E-state index contributed by atoms with van der Waals surface area (Å²) in [5, 5.41) is 42.1. The number of benzene rings is 1. The number of esters is 1. The predicted molar refractivity (Wildman–Crippen MR) is 127 cm³/mol. The molecule has 0 aliphatic carbocycles. The van der Waals surface area contributed by atoms with E-state index < -0.39 is 48.4 Å². The monoisotopic (exact) mass is 529 g/mol. The highest BCUT2D eigenvalue weighted by atomic mass is 35.5. The van der Waals surface area contributed by atoms with Crippen LogP contribution in [0.25, 0.3) is 10.2 Å². The maximum Gasteiger partial charge on any atom is 0.349 e. The van der Waals surface area contributed by atoms with Gasteiger partial charge in [0, 0.05) is 18.0 Å². The van der Waals surface area contributed by atoms with Crippen molar-refractivity contribution in [2.75, 3.05) is 20.2 Å². The zero-order chi connectivity index (χ0) is 25.9. The summed E-state index contributed by atoms with van der Waals surface area (Å²) >= 11 is 6.82. The van der Waals surface area contributed by atoms with Crippen LogP contribution in [0.2, 0.25) is 5.02 Å². The van der Waals surface area contributed by atoms with Crippen molar-refractivity contribution in [3.63, 3.8) is 0 Å². The lowest BCUT2D eigenvalue weighted by atomic mass is 10.0. The quantitative estimate of drug-likeness (QED) is 0.205. The summed E-state index contributed by atoms with van der Waals surface area (Å²) in [7, 11) is 1.53. The molecule has 35 heavy (non-hydrogen) atoms. The van der Waals surface area contributed by atoms with Crippen molar-refractivity contribution in [3.05, 3.63) is 61.2 Å². The molecule has 0 radical (unpaired) electrons. The molecule has 0 spiro atoms. The van der Waals surface area contributed by atoms with Gasteiger partial charge in [-0.05, 0) is 43.3 Å². The number of aliphatic hydroxyl groups excluding tert-OH is 4. The minimum absolute atomic E-state index is 0.0319. The number of carbonyl (C=O) groups is 1. The lowest BCUT2D eigenvalue weighted by molar-refractivity contribution is -0.116. The normalized spacial score (nSPS) is 15.1.